The molecule has 0 spiro atoms. The quantitative estimate of drug-likeness (QED) is 0.775. The molecule has 0 aromatic carbocycles. The van der Waals surface area contributed by atoms with Crippen molar-refractivity contribution in [2.45, 2.75) is 39.3 Å². The van der Waals surface area contributed by atoms with Crippen LogP contribution < -0.4 is 5.32 Å². The molecule has 1 aromatic rings. The van der Waals surface area contributed by atoms with Gasteiger partial charge in [-0.3, -0.25) is 0 Å². The molecular formula is C10H19N3O2. The zero-order valence-electron chi connectivity index (χ0n) is 9.78. The van der Waals surface area contributed by atoms with Crippen molar-refractivity contribution in [1.82, 2.24) is 15.5 Å². The van der Waals surface area contributed by atoms with Crippen LogP contribution in [-0.2, 0) is 4.74 Å². The number of aryl methyl sites for hydroxylation is 1. The van der Waals surface area contributed by atoms with E-state index in [0.29, 0.717) is 12.5 Å². The van der Waals surface area contributed by atoms with Crippen molar-refractivity contribution in [1.29, 1.82) is 0 Å². The van der Waals surface area contributed by atoms with Crippen LogP contribution >= 0.6 is 0 Å². The highest BCUT2D eigenvalue weighted by atomic mass is 16.5. The first-order valence-corrected chi connectivity index (χ1v) is 5.22. The highest BCUT2D eigenvalue weighted by molar-refractivity contribution is 4.93. The number of nitrogens with one attached hydrogen (secondary N) is 1. The Morgan fingerprint density at radius 2 is 2.27 bits per heavy atom. The van der Waals surface area contributed by atoms with Crippen LogP contribution in [0, 0.1) is 6.92 Å². The number of ether oxygens (including phenoxy) is 1. The van der Waals surface area contributed by atoms with E-state index in [2.05, 4.69) is 29.3 Å². The van der Waals surface area contributed by atoms with Gasteiger partial charge in [-0.25, -0.2) is 0 Å². The fraction of sp³-hybridized carbons (Fsp3) is 0.800. The standard InChI is InChI=1S/C10H19N3O2/c1-5-9(11-7(2)6-14-4)10-12-8(3)15-13-10/h7,9,11H,5-6H2,1-4H3. The second kappa shape index (κ2) is 5.82. The molecule has 0 fully saturated rings. The average molecular weight is 213 g/mol. The van der Waals surface area contributed by atoms with Gasteiger partial charge >= 0.3 is 0 Å². The van der Waals surface area contributed by atoms with Gasteiger partial charge in [0.2, 0.25) is 5.89 Å². The van der Waals surface area contributed by atoms with Gasteiger partial charge in [-0.15, -0.1) is 0 Å². The molecule has 1 N–H and O–H groups in total. The minimum absolute atomic E-state index is 0.132. The first-order valence-electron chi connectivity index (χ1n) is 5.22. The average Bonchev–Trinajstić information content (AvgIpc) is 2.61. The number of hydrogen-bond acceptors (Lipinski definition) is 5. The van der Waals surface area contributed by atoms with Crippen LogP contribution in [0.25, 0.3) is 0 Å². The molecule has 2 atom stereocenters. The van der Waals surface area contributed by atoms with Crippen LogP contribution in [-0.4, -0.2) is 29.9 Å². The smallest absolute Gasteiger partial charge is 0.223 e. The SMILES string of the molecule is CCC(NC(C)COC)c1noc(C)n1. The molecule has 86 valence electrons. The Labute approximate surface area is 90.2 Å². The summed E-state index contributed by atoms with van der Waals surface area (Å²) >= 11 is 0. The molecule has 1 heterocycles. The Hall–Kier alpha value is -0.940. The van der Waals surface area contributed by atoms with Crippen LogP contribution in [0.4, 0.5) is 0 Å². The van der Waals surface area contributed by atoms with Crippen LogP contribution in [0.3, 0.4) is 0 Å². The molecule has 0 saturated carbocycles. The molecule has 1 aromatic heterocycles. The summed E-state index contributed by atoms with van der Waals surface area (Å²) in [5.74, 6) is 1.32. The van der Waals surface area contributed by atoms with E-state index in [4.69, 9.17) is 9.26 Å². The fourth-order valence-electron chi connectivity index (χ4n) is 1.47. The summed E-state index contributed by atoms with van der Waals surface area (Å²) in [6.45, 7) is 6.62. The summed E-state index contributed by atoms with van der Waals surface area (Å²) in [4.78, 5) is 4.21. The molecule has 0 saturated heterocycles. The third kappa shape index (κ3) is 3.60. The van der Waals surface area contributed by atoms with Crippen LogP contribution in [0.2, 0.25) is 0 Å². The largest absolute Gasteiger partial charge is 0.383 e. The molecule has 0 bridgehead atoms. The number of rotatable bonds is 6. The maximum Gasteiger partial charge on any atom is 0.223 e. The van der Waals surface area contributed by atoms with E-state index in [1.54, 1.807) is 14.0 Å². The third-order valence-corrected chi connectivity index (χ3v) is 2.17. The Morgan fingerprint density at radius 1 is 1.53 bits per heavy atom. The predicted molar refractivity (Wildman–Crippen MR) is 56.5 cm³/mol. The van der Waals surface area contributed by atoms with E-state index >= 15 is 0 Å². The summed E-state index contributed by atoms with van der Waals surface area (Å²) in [5, 5.41) is 7.30. The fourth-order valence-corrected chi connectivity index (χ4v) is 1.47. The lowest BCUT2D eigenvalue weighted by molar-refractivity contribution is 0.165. The van der Waals surface area contributed by atoms with Crippen LogP contribution in [0.1, 0.15) is 38.0 Å². The van der Waals surface area contributed by atoms with Crippen molar-refractivity contribution in [3.63, 3.8) is 0 Å². The number of nitrogens with zero attached hydrogens (tertiary/aromatic N) is 2. The van der Waals surface area contributed by atoms with Gasteiger partial charge in [-0.2, -0.15) is 4.98 Å². The normalized spacial score (nSPS) is 15.2. The van der Waals surface area contributed by atoms with Crippen LogP contribution in [0.15, 0.2) is 4.52 Å². The lowest BCUT2D eigenvalue weighted by Gasteiger charge is -2.18. The van der Waals surface area contributed by atoms with Crippen LogP contribution in [0.5, 0.6) is 0 Å². The summed E-state index contributed by atoms with van der Waals surface area (Å²) in [7, 11) is 1.69. The van der Waals surface area contributed by atoms with Gasteiger partial charge in [0, 0.05) is 20.1 Å². The zero-order valence-corrected chi connectivity index (χ0v) is 9.78. The molecule has 0 aliphatic carbocycles. The van der Waals surface area contributed by atoms with Gasteiger partial charge in [0.1, 0.15) is 0 Å². The monoisotopic (exact) mass is 213 g/mol. The van der Waals surface area contributed by atoms with E-state index in [9.17, 15) is 0 Å². The number of hydrogen-bond donors (Lipinski definition) is 1. The third-order valence-electron chi connectivity index (χ3n) is 2.17. The van der Waals surface area contributed by atoms with Gasteiger partial charge in [0.05, 0.1) is 12.6 Å². The van der Waals surface area contributed by atoms with Crippen molar-refractivity contribution in [2.24, 2.45) is 0 Å². The molecule has 1 rings (SSSR count). The molecule has 2 unspecified atom stereocenters. The number of aromatic nitrogens is 2. The van der Waals surface area contributed by atoms with Gasteiger partial charge in [0.15, 0.2) is 5.82 Å². The molecule has 0 amide bonds. The van der Waals surface area contributed by atoms with E-state index in [1.807, 2.05) is 0 Å². The summed E-state index contributed by atoms with van der Waals surface area (Å²) in [5.41, 5.74) is 0. The van der Waals surface area contributed by atoms with E-state index in [1.165, 1.54) is 0 Å². The molecule has 0 aliphatic rings. The Morgan fingerprint density at radius 3 is 2.73 bits per heavy atom. The maximum absolute atomic E-state index is 5.06. The topological polar surface area (TPSA) is 60.2 Å². The molecular weight excluding hydrogens is 194 g/mol. The molecule has 0 aliphatic heterocycles. The van der Waals surface area contributed by atoms with Gasteiger partial charge in [-0.05, 0) is 13.3 Å². The summed E-state index contributed by atoms with van der Waals surface area (Å²) in [6, 6.07) is 0.409. The van der Waals surface area contributed by atoms with E-state index < -0.39 is 0 Å². The number of methoxy groups -OCH3 is 1. The first kappa shape index (κ1) is 12.1. The second-order valence-corrected chi connectivity index (χ2v) is 3.66. The lowest BCUT2D eigenvalue weighted by Crippen LogP contribution is -2.34. The Bertz CT molecular complexity index is 288. The summed E-state index contributed by atoms with van der Waals surface area (Å²) < 4.78 is 10.0. The zero-order chi connectivity index (χ0) is 11.3. The predicted octanol–water partition coefficient (Wildman–Crippen LogP) is 1.45. The van der Waals surface area contributed by atoms with E-state index in [-0.39, 0.29) is 12.1 Å². The molecule has 0 radical (unpaired) electrons. The van der Waals surface area contributed by atoms with Gasteiger partial charge in [-0.1, -0.05) is 12.1 Å². The van der Waals surface area contributed by atoms with Gasteiger partial charge < -0.3 is 14.6 Å². The highest BCUT2D eigenvalue weighted by Gasteiger charge is 2.17. The molecule has 5 nitrogen and oxygen atoms in total. The highest BCUT2D eigenvalue weighted by Crippen LogP contribution is 2.13. The maximum atomic E-state index is 5.06. The van der Waals surface area contributed by atoms with Crippen molar-refractivity contribution in [2.75, 3.05) is 13.7 Å². The van der Waals surface area contributed by atoms with Crippen molar-refractivity contribution < 1.29 is 9.26 Å². The van der Waals surface area contributed by atoms with E-state index in [0.717, 1.165) is 12.2 Å². The minimum Gasteiger partial charge on any atom is -0.383 e. The first-order chi connectivity index (χ1) is 7.17. The Kier molecular flexibility index (Phi) is 4.71. The van der Waals surface area contributed by atoms with Crippen molar-refractivity contribution in [3.8, 4) is 0 Å². The van der Waals surface area contributed by atoms with Crippen molar-refractivity contribution >= 4 is 0 Å². The molecule has 15 heavy (non-hydrogen) atoms. The summed E-state index contributed by atoms with van der Waals surface area (Å²) in [6.07, 6.45) is 0.924. The Balaban J connectivity index is 2.56. The molecule has 5 heteroatoms. The lowest BCUT2D eigenvalue weighted by atomic mass is 10.2. The minimum atomic E-state index is 0.132. The van der Waals surface area contributed by atoms with Crippen molar-refractivity contribution in [3.05, 3.63) is 11.7 Å². The van der Waals surface area contributed by atoms with Gasteiger partial charge in [0.25, 0.3) is 0 Å². The second-order valence-electron chi connectivity index (χ2n) is 3.66.